The lowest BCUT2D eigenvalue weighted by Gasteiger charge is -2.41. The summed E-state index contributed by atoms with van der Waals surface area (Å²) in [5.41, 5.74) is 0. The molecule has 1 aliphatic rings. The summed E-state index contributed by atoms with van der Waals surface area (Å²) >= 11 is 0. The molecule has 1 fully saturated rings. The fourth-order valence-corrected chi connectivity index (χ4v) is 7.78. The van der Waals surface area contributed by atoms with Crippen LogP contribution < -0.4 is 0 Å². The Kier molecular flexibility index (Phi) is 35.5. The van der Waals surface area contributed by atoms with Crippen LogP contribution in [0.25, 0.3) is 0 Å². The van der Waals surface area contributed by atoms with E-state index in [9.17, 15) is 49.7 Å². The van der Waals surface area contributed by atoms with Crippen LogP contribution in [0.5, 0.6) is 0 Å². The molecule has 0 saturated heterocycles. The molecule has 1 saturated carbocycles. The standard InChI is InChI=1S/C49H83O14P/c1-3-5-7-9-11-12-13-14-15-16-17-21-24-28-32-36-42(51)60-38-41(39-61-64(58,59)63-49-47(56)45(54)44(53)46(55)48(49)57)62-43(52)37-33-29-25-22-19-18-20-23-27-31-35-40(50)34-30-26-10-8-6-4-2/h6,8,18-19,23,25-27,29-31,35,40-41,44-50,53-57H,3-5,7,9-17,20-22,24,28,32-34,36-39H2,1-2H3,(H,58,59)/b8-6-,19-18-,27-23-,29-25-,30-26-,35-31+/t40?,41-,44?,45-,46+,47-,48-,49?/m1/s1. The highest BCUT2D eigenvalue weighted by Crippen LogP contribution is 2.47. The van der Waals surface area contributed by atoms with E-state index in [1.807, 2.05) is 48.6 Å². The molecule has 0 aromatic heterocycles. The molecule has 0 aromatic rings. The molecule has 368 valence electrons. The number of carbonyl (C=O) groups excluding carboxylic acids is 2. The van der Waals surface area contributed by atoms with Crippen LogP contribution >= 0.6 is 7.82 Å². The molecule has 1 aliphatic carbocycles. The fraction of sp³-hybridized carbons (Fsp3) is 0.714. The molecule has 0 aromatic carbocycles. The largest absolute Gasteiger partial charge is 0.472 e. The van der Waals surface area contributed by atoms with E-state index in [-0.39, 0.29) is 12.8 Å². The van der Waals surface area contributed by atoms with Crippen LogP contribution in [0.1, 0.15) is 162 Å². The van der Waals surface area contributed by atoms with Gasteiger partial charge in [0.2, 0.25) is 0 Å². The second-order valence-electron chi connectivity index (χ2n) is 16.4. The first-order valence-corrected chi connectivity index (χ1v) is 25.3. The van der Waals surface area contributed by atoms with E-state index in [0.717, 1.165) is 32.1 Å². The summed E-state index contributed by atoms with van der Waals surface area (Å²) < 4.78 is 33.4. The van der Waals surface area contributed by atoms with Crippen LogP contribution in [0.15, 0.2) is 72.9 Å². The van der Waals surface area contributed by atoms with E-state index in [4.69, 9.17) is 18.5 Å². The highest BCUT2D eigenvalue weighted by atomic mass is 31.2. The Bertz CT molecular complexity index is 1410. The number of aliphatic hydroxyl groups is 6. The lowest BCUT2D eigenvalue weighted by molar-refractivity contribution is -0.220. The van der Waals surface area contributed by atoms with Gasteiger partial charge in [0.15, 0.2) is 6.10 Å². The van der Waals surface area contributed by atoms with Gasteiger partial charge in [-0.3, -0.25) is 18.6 Å². The van der Waals surface area contributed by atoms with Crippen molar-refractivity contribution < 1.29 is 68.2 Å². The Morgan fingerprint density at radius 1 is 0.578 bits per heavy atom. The second kappa shape index (κ2) is 38.4. The maximum Gasteiger partial charge on any atom is 0.472 e. The zero-order valence-corrected chi connectivity index (χ0v) is 39.6. The van der Waals surface area contributed by atoms with Crippen molar-refractivity contribution in [2.75, 3.05) is 13.2 Å². The Hall–Kier alpha value is -2.75. The van der Waals surface area contributed by atoms with Crippen LogP contribution in [0.3, 0.4) is 0 Å². The third kappa shape index (κ3) is 30.5. The van der Waals surface area contributed by atoms with Gasteiger partial charge in [0.25, 0.3) is 0 Å². The molecular formula is C49H83O14P. The monoisotopic (exact) mass is 927 g/mol. The minimum Gasteiger partial charge on any atom is -0.462 e. The molecule has 15 heteroatoms. The number of allylic oxidation sites excluding steroid dienone is 10. The number of hydrogen-bond donors (Lipinski definition) is 7. The summed E-state index contributed by atoms with van der Waals surface area (Å²) in [5.74, 6) is -1.23. The van der Waals surface area contributed by atoms with Gasteiger partial charge in [-0.2, -0.15) is 0 Å². The molecule has 0 aliphatic heterocycles. The van der Waals surface area contributed by atoms with E-state index in [0.29, 0.717) is 32.1 Å². The summed E-state index contributed by atoms with van der Waals surface area (Å²) in [7, 11) is -5.15. The molecule has 1 rings (SSSR count). The molecule has 9 atom stereocenters. The highest BCUT2D eigenvalue weighted by molar-refractivity contribution is 7.47. The number of phosphoric acid groups is 1. The highest BCUT2D eigenvalue weighted by Gasteiger charge is 2.51. The summed E-state index contributed by atoms with van der Waals surface area (Å²) in [5, 5.41) is 60.2. The molecule has 0 amide bonds. The Morgan fingerprint density at radius 2 is 1.08 bits per heavy atom. The number of hydrogen-bond acceptors (Lipinski definition) is 13. The summed E-state index contributed by atoms with van der Waals surface area (Å²) in [6, 6.07) is 0. The molecule has 0 bridgehead atoms. The van der Waals surface area contributed by atoms with Gasteiger partial charge in [-0.05, 0) is 44.9 Å². The number of carbonyl (C=O) groups is 2. The predicted molar refractivity (Wildman–Crippen MR) is 250 cm³/mol. The molecule has 7 N–H and O–H groups in total. The number of esters is 2. The first kappa shape index (κ1) is 59.3. The maximum atomic E-state index is 12.8. The number of rotatable bonds is 38. The van der Waals surface area contributed by atoms with E-state index in [2.05, 4.69) is 26.0 Å². The Morgan fingerprint density at radius 3 is 1.66 bits per heavy atom. The molecule has 0 heterocycles. The SMILES string of the molecule is CC/C=C\C/C=C\CC(O)/C=C/C=C\C/C=C\C/C=C\CCC(=O)O[C@H](COC(=O)CCCCCCCCCCCCCCCCC)COP(=O)(O)OC1[C@H](O)[C@H](O)C(O)[C@H](O)[C@H]1O. The molecule has 14 nitrogen and oxygen atoms in total. The van der Waals surface area contributed by atoms with Crippen LogP contribution in [0.2, 0.25) is 0 Å². The number of phosphoric ester groups is 1. The van der Waals surface area contributed by atoms with E-state index in [1.165, 1.54) is 70.6 Å². The lowest BCUT2D eigenvalue weighted by Crippen LogP contribution is -2.64. The van der Waals surface area contributed by atoms with Crippen molar-refractivity contribution in [3.63, 3.8) is 0 Å². The first-order valence-electron chi connectivity index (χ1n) is 23.8. The summed E-state index contributed by atoms with van der Waals surface area (Å²) in [6.45, 7) is 3.06. The predicted octanol–water partition coefficient (Wildman–Crippen LogP) is 8.47. The van der Waals surface area contributed by atoms with Gasteiger partial charge < -0.3 is 45.0 Å². The fourth-order valence-electron chi connectivity index (χ4n) is 6.81. The minimum atomic E-state index is -5.15. The van der Waals surface area contributed by atoms with Crippen LogP contribution in [0, 0.1) is 0 Å². The van der Waals surface area contributed by atoms with E-state index in [1.54, 1.807) is 12.2 Å². The molecule has 0 spiro atoms. The van der Waals surface area contributed by atoms with Gasteiger partial charge in [-0.1, -0.05) is 177 Å². The van der Waals surface area contributed by atoms with Crippen molar-refractivity contribution in [3.05, 3.63) is 72.9 Å². The molecule has 4 unspecified atom stereocenters. The van der Waals surface area contributed by atoms with Crippen molar-refractivity contribution in [1.29, 1.82) is 0 Å². The average molecular weight is 927 g/mol. The van der Waals surface area contributed by atoms with Crippen LogP contribution in [0.4, 0.5) is 0 Å². The molecule has 64 heavy (non-hydrogen) atoms. The van der Waals surface area contributed by atoms with Gasteiger partial charge in [0.05, 0.1) is 12.7 Å². The van der Waals surface area contributed by atoms with Crippen LogP contribution in [-0.2, 0) is 32.7 Å². The van der Waals surface area contributed by atoms with Crippen molar-refractivity contribution in [2.45, 2.75) is 210 Å². The maximum absolute atomic E-state index is 12.8. The van der Waals surface area contributed by atoms with Gasteiger partial charge >= 0.3 is 19.8 Å². The van der Waals surface area contributed by atoms with Crippen molar-refractivity contribution >= 4 is 19.8 Å². The number of ether oxygens (including phenoxy) is 2. The van der Waals surface area contributed by atoms with Gasteiger partial charge in [0.1, 0.15) is 43.2 Å². The lowest BCUT2D eigenvalue weighted by atomic mass is 9.85. The zero-order chi connectivity index (χ0) is 47.3. The quantitative estimate of drug-likeness (QED) is 0.0101. The smallest absolute Gasteiger partial charge is 0.462 e. The number of aliphatic hydroxyl groups excluding tert-OH is 6. The summed E-state index contributed by atoms with van der Waals surface area (Å²) in [4.78, 5) is 35.7. The second-order valence-corrected chi connectivity index (χ2v) is 17.8. The third-order valence-corrected chi connectivity index (χ3v) is 11.6. The third-order valence-electron chi connectivity index (χ3n) is 10.7. The average Bonchev–Trinajstić information content (AvgIpc) is 3.27. The Labute approximate surface area is 383 Å². The van der Waals surface area contributed by atoms with Gasteiger partial charge in [-0.25, -0.2) is 4.57 Å². The number of unbranched alkanes of at least 4 members (excludes halogenated alkanes) is 14. The van der Waals surface area contributed by atoms with Gasteiger partial charge in [0, 0.05) is 12.8 Å². The first-order chi connectivity index (χ1) is 30.8. The van der Waals surface area contributed by atoms with E-state index >= 15 is 0 Å². The molecule has 0 radical (unpaired) electrons. The Balaban J connectivity index is 2.53. The topological polar surface area (TPSA) is 230 Å². The van der Waals surface area contributed by atoms with Gasteiger partial charge in [-0.15, -0.1) is 0 Å². The van der Waals surface area contributed by atoms with Crippen molar-refractivity contribution in [2.24, 2.45) is 0 Å². The van der Waals surface area contributed by atoms with Crippen LogP contribution in [-0.4, -0.2) is 110 Å². The normalized spacial score (nSPS) is 22.7. The summed E-state index contributed by atoms with van der Waals surface area (Å²) in [6.07, 6.45) is 31.3. The molecular weight excluding hydrogens is 843 g/mol. The zero-order valence-electron chi connectivity index (χ0n) is 38.7. The minimum absolute atomic E-state index is 0.0533. The van der Waals surface area contributed by atoms with Crippen molar-refractivity contribution in [1.82, 2.24) is 0 Å². The van der Waals surface area contributed by atoms with Crippen molar-refractivity contribution in [3.8, 4) is 0 Å². The van der Waals surface area contributed by atoms with E-state index < -0.39 is 81.8 Å².